The van der Waals surface area contributed by atoms with Gasteiger partial charge in [0, 0.05) is 27.5 Å². The maximum absolute atomic E-state index is 10.5. The first-order valence-electron chi connectivity index (χ1n) is 4.29. The van der Waals surface area contributed by atoms with Crippen molar-refractivity contribution in [3.05, 3.63) is 39.2 Å². The zero-order valence-corrected chi connectivity index (χ0v) is 11.1. The van der Waals surface area contributed by atoms with Gasteiger partial charge in [0.15, 0.2) is 12.1 Å². The minimum absolute atomic E-state index is 0.442. The zero-order chi connectivity index (χ0) is 11.5. The van der Waals surface area contributed by atoms with E-state index in [1.54, 1.807) is 6.20 Å². The third kappa shape index (κ3) is 2.33. The van der Waals surface area contributed by atoms with E-state index in [2.05, 4.69) is 46.8 Å². The molecule has 16 heavy (non-hydrogen) atoms. The lowest BCUT2D eigenvalue weighted by molar-refractivity contribution is 0.112. The molecule has 0 spiro atoms. The van der Waals surface area contributed by atoms with Crippen LogP contribution in [0.15, 0.2) is 33.6 Å². The molecule has 0 amide bonds. The molecule has 0 aliphatic rings. The van der Waals surface area contributed by atoms with Crippen molar-refractivity contribution in [2.24, 2.45) is 0 Å². The predicted octanol–water partition coefficient (Wildman–Crippen LogP) is 2.88. The largest absolute Gasteiger partial charge is 0.298 e. The van der Waals surface area contributed by atoms with Gasteiger partial charge in [-0.05, 0) is 37.9 Å². The lowest BCUT2D eigenvalue weighted by Gasteiger charge is -2.02. The van der Waals surface area contributed by atoms with Crippen LogP contribution in [0.1, 0.15) is 10.4 Å². The van der Waals surface area contributed by atoms with E-state index >= 15 is 0 Å². The highest BCUT2D eigenvalue weighted by Gasteiger charge is 2.08. The van der Waals surface area contributed by atoms with E-state index in [4.69, 9.17) is 0 Å². The molecular formula is C10H5Br2N3O. The molecular weight excluding hydrogens is 338 g/mol. The fourth-order valence-corrected chi connectivity index (χ4v) is 2.27. The van der Waals surface area contributed by atoms with Crippen LogP contribution >= 0.6 is 31.9 Å². The van der Waals surface area contributed by atoms with Crippen molar-refractivity contribution in [3.63, 3.8) is 0 Å². The van der Waals surface area contributed by atoms with E-state index in [1.165, 1.54) is 12.4 Å². The number of hydrogen-bond acceptors (Lipinski definition) is 4. The first-order chi connectivity index (χ1) is 7.70. The number of halogens is 2. The Balaban J connectivity index is 2.46. The number of carbonyl (C=O) groups is 1. The molecule has 0 saturated carbocycles. The fourth-order valence-electron chi connectivity index (χ4n) is 1.10. The van der Waals surface area contributed by atoms with Crippen molar-refractivity contribution in [2.75, 3.05) is 0 Å². The Morgan fingerprint density at radius 2 is 1.75 bits per heavy atom. The van der Waals surface area contributed by atoms with Crippen LogP contribution in [0.2, 0.25) is 0 Å². The monoisotopic (exact) mass is 341 g/mol. The molecule has 0 aromatic carbocycles. The lowest BCUT2D eigenvalue weighted by atomic mass is 10.3. The average molecular weight is 343 g/mol. The number of aromatic nitrogens is 3. The van der Waals surface area contributed by atoms with Crippen LogP contribution in [0.4, 0.5) is 0 Å². The summed E-state index contributed by atoms with van der Waals surface area (Å²) in [6, 6.07) is 1.86. The normalized spacial score (nSPS) is 10.1. The zero-order valence-electron chi connectivity index (χ0n) is 7.89. The predicted molar refractivity (Wildman–Crippen MR) is 66.1 cm³/mol. The second-order valence-electron chi connectivity index (χ2n) is 2.94. The first kappa shape index (κ1) is 11.3. The van der Waals surface area contributed by atoms with Crippen LogP contribution in [-0.4, -0.2) is 21.2 Å². The quantitative estimate of drug-likeness (QED) is 0.787. The van der Waals surface area contributed by atoms with Crippen molar-refractivity contribution in [2.45, 2.75) is 0 Å². The summed E-state index contributed by atoms with van der Waals surface area (Å²) in [5.41, 5.74) is 1.08. The van der Waals surface area contributed by atoms with Gasteiger partial charge in [-0.3, -0.25) is 9.78 Å². The number of pyridine rings is 1. The Bertz CT molecular complexity index is 528. The van der Waals surface area contributed by atoms with Crippen LogP contribution in [0.5, 0.6) is 0 Å². The van der Waals surface area contributed by atoms with E-state index in [-0.39, 0.29) is 0 Å². The van der Waals surface area contributed by atoms with Gasteiger partial charge >= 0.3 is 0 Å². The molecule has 2 aromatic rings. The minimum Gasteiger partial charge on any atom is -0.298 e. The van der Waals surface area contributed by atoms with E-state index in [0.29, 0.717) is 23.4 Å². The number of aldehydes is 1. The van der Waals surface area contributed by atoms with Gasteiger partial charge in [-0.15, -0.1) is 0 Å². The van der Waals surface area contributed by atoms with Gasteiger partial charge < -0.3 is 0 Å². The maximum atomic E-state index is 10.5. The second-order valence-corrected chi connectivity index (χ2v) is 4.71. The van der Waals surface area contributed by atoms with E-state index in [1.807, 2.05) is 6.07 Å². The van der Waals surface area contributed by atoms with Crippen molar-refractivity contribution >= 4 is 38.1 Å². The third-order valence-electron chi connectivity index (χ3n) is 1.83. The molecule has 0 atom stereocenters. The average Bonchev–Trinajstić information content (AvgIpc) is 2.29. The first-order valence-corrected chi connectivity index (χ1v) is 5.88. The van der Waals surface area contributed by atoms with Gasteiger partial charge in [-0.2, -0.15) is 0 Å². The third-order valence-corrected chi connectivity index (χ3v) is 2.87. The van der Waals surface area contributed by atoms with Gasteiger partial charge in [0.25, 0.3) is 0 Å². The Morgan fingerprint density at radius 3 is 2.31 bits per heavy atom. The van der Waals surface area contributed by atoms with Gasteiger partial charge in [-0.1, -0.05) is 0 Å². The molecule has 0 aliphatic carbocycles. The molecule has 2 heterocycles. The fraction of sp³-hybridized carbons (Fsp3) is 0. The molecule has 0 aliphatic heterocycles. The summed E-state index contributed by atoms with van der Waals surface area (Å²) < 4.78 is 1.66. The van der Waals surface area contributed by atoms with Crippen LogP contribution in [-0.2, 0) is 0 Å². The lowest BCUT2D eigenvalue weighted by Crippen LogP contribution is -1.94. The Morgan fingerprint density at radius 1 is 1.06 bits per heavy atom. The molecule has 0 N–H and O–H groups in total. The van der Waals surface area contributed by atoms with Gasteiger partial charge in [0.05, 0.1) is 5.56 Å². The van der Waals surface area contributed by atoms with Crippen molar-refractivity contribution in [3.8, 4) is 11.5 Å². The molecule has 0 radical (unpaired) electrons. The summed E-state index contributed by atoms with van der Waals surface area (Å²) >= 11 is 6.69. The maximum Gasteiger partial charge on any atom is 0.179 e. The number of nitrogens with zero attached hydrogens (tertiary/aromatic N) is 3. The molecule has 2 aromatic heterocycles. The molecule has 0 fully saturated rings. The molecule has 6 heteroatoms. The van der Waals surface area contributed by atoms with Crippen LogP contribution in [0.3, 0.4) is 0 Å². The number of carbonyl (C=O) groups excluding carboxylic acids is 1. The molecule has 0 bridgehead atoms. The van der Waals surface area contributed by atoms with Crippen LogP contribution in [0.25, 0.3) is 11.5 Å². The highest BCUT2D eigenvalue weighted by Crippen LogP contribution is 2.25. The van der Waals surface area contributed by atoms with Gasteiger partial charge in [0.2, 0.25) is 0 Å². The van der Waals surface area contributed by atoms with Crippen molar-refractivity contribution in [1.82, 2.24) is 15.0 Å². The van der Waals surface area contributed by atoms with Crippen molar-refractivity contribution in [1.29, 1.82) is 0 Å². The standard InChI is InChI=1S/C10H5Br2N3O/c11-7-1-8(12)9(13-4-7)10-14-2-6(5-16)3-15-10/h1-5H. The number of hydrogen-bond donors (Lipinski definition) is 0. The Labute approximate surface area is 108 Å². The molecule has 4 nitrogen and oxygen atoms in total. The SMILES string of the molecule is O=Cc1cnc(-c2ncc(Br)cc2Br)nc1. The highest BCUT2D eigenvalue weighted by atomic mass is 79.9. The smallest absolute Gasteiger partial charge is 0.179 e. The molecule has 0 saturated heterocycles. The summed E-state index contributed by atoms with van der Waals surface area (Å²) in [6.07, 6.45) is 5.29. The summed E-state index contributed by atoms with van der Waals surface area (Å²) in [7, 11) is 0. The van der Waals surface area contributed by atoms with Crippen LogP contribution < -0.4 is 0 Å². The second kappa shape index (κ2) is 4.80. The summed E-state index contributed by atoms with van der Waals surface area (Å²) in [5.74, 6) is 0.477. The summed E-state index contributed by atoms with van der Waals surface area (Å²) in [4.78, 5) is 22.8. The molecule has 80 valence electrons. The Kier molecular flexibility index (Phi) is 3.40. The topological polar surface area (TPSA) is 55.7 Å². The summed E-state index contributed by atoms with van der Waals surface area (Å²) in [5, 5.41) is 0. The molecule has 2 rings (SSSR count). The van der Waals surface area contributed by atoms with E-state index in [9.17, 15) is 4.79 Å². The van der Waals surface area contributed by atoms with Crippen molar-refractivity contribution < 1.29 is 4.79 Å². The minimum atomic E-state index is 0.442. The highest BCUT2D eigenvalue weighted by molar-refractivity contribution is 9.11. The van der Waals surface area contributed by atoms with Gasteiger partial charge in [-0.25, -0.2) is 9.97 Å². The Hall–Kier alpha value is -1.14. The van der Waals surface area contributed by atoms with Gasteiger partial charge in [0.1, 0.15) is 5.69 Å². The van der Waals surface area contributed by atoms with Crippen LogP contribution in [0, 0.1) is 0 Å². The van der Waals surface area contributed by atoms with E-state index < -0.39 is 0 Å². The van der Waals surface area contributed by atoms with E-state index in [0.717, 1.165) is 8.95 Å². The molecule has 0 unspecified atom stereocenters. The number of rotatable bonds is 2. The summed E-state index contributed by atoms with van der Waals surface area (Å²) in [6.45, 7) is 0.